The van der Waals surface area contributed by atoms with Crippen molar-refractivity contribution in [3.05, 3.63) is 71.9 Å². The van der Waals surface area contributed by atoms with E-state index in [9.17, 15) is 4.79 Å². The van der Waals surface area contributed by atoms with E-state index in [0.717, 1.165) is 47.1 Å². The lowest BCUT2D eigenvalue weighted by atomic mass is 10.2. The third kappa shape index (κ3) is 3.79. The molecular formula is C27H27N11O. The highest BCUT2D eigenvalue weighted by molar-refractivity contribution is 5.84. The number of fused-ring (bicyclic) bond motifs is 3. The fourth-order valence-corrected chi connectivity index (χ4v) is 5.39. The SMILES string of the molecule is C=CCn1c(=O)c2cnc(Nc3ccc4c(cnn4C)c3)nc2n1-c1ccc2cnn([C@H]3CCN(C)C3)c2n1. The van der Waals surface area contributed by atoms with Gasteiger partial charge in [-0.15, -0.1) is 6.58 Å². The van der Waals surface area contributed by atoms with Crippen LogP contribution < -0.4 is 10.9 Å². The number of anilines is 2. The van der Waals surface area contributed by atoms with Gasteiger partial charge in [0.05, 0.1) is 30.5 Å². The number of nitrogens with one attached hydrogen (secondary N) is 1. The third-order valence-corrected chi connectivity index (χ3v) is 7.34. The minimum absolute atomic E-state index is 0.207. The zero-order valence-corrected chi connectivity index (χ0v) is 21.7. The largest absolute Gasteiger partial charge is 0.324 e. The van der Waals surface area contributed by atoms with E-state index in [2.05, 4.69) is 39.0 Å². The highest BCUT2D eigenvalue weighted by atomic mass is 16.1. The molecule has 1 N–H and O–H groups in total. The minimum Gasteiger partial charge on any atom is -0.324 e. The Balaban J connectivity index is 1.35. The van der Waals surface area contributed by atoms with Gasteiger partial charge in [0.1, 0.15) is 5.39 Å². The first-order valence-corrected chi connectivity index (χ1v) is 12.8. The van der Waals surface area contributed by atoms with Gasteiger partial charge in [-0.05, 0) is 43.8 Å². The van der Waals surface area contributed by atoms with E-state index in [4.69, 9.17) is 9.97 Å². The Labute approximate surface area is 222 Å². The smallest absolute Gasteiger partial charge is 0.278 e. The molecule has 39 heavy (non-hydrogen) atoms. The molecule has 1 atom stereocenters. The second-order valence-corrected chi connectivity index (χ2v) is 9.96. The molecule has 1 aromatic carbocycles. The van der Waals surface area contributed by atoms with E-state index in [1.807, 2.05) is 59.1 Å². The summed E-state index contributed by atoms with van der Waals surface area (Å²) in [6, 6.07) is 10.1. The molecule has 0 saturated carbocycles. The Hall–Kier alpha value is -4.84. The minimum atomic E-state index is -0.207. The van der Waals surface area contributed by atoms with Crippen molar-refractivity contribution in [1.29, 1.82) is 0 Å². The van der Waals surface area contributed by atoms with E-state index in [0.29, 0.717) is 29.3 Å². The fourth-order valence-electron chi connectivity index (χ4n) is 5.39. The number of likely N-dealkylation sites (N-methyl/N-ethyl adjacent to an activating group) is 1. The number of nitrogens with zero attached hydrogens (tertiary/aromatic N) is 10. The fraction of sp³-hybridized carbons (Fsp3) is 0.259. The molecule has 0 aliphatic carbocycles. The lowest BCUT2D eigenvalue weighted by Gasteiger charge is -2.14. The lowest BCUT2D eigenvalue weighted by Crippen LogP contribution is -2.22. The van der Waals surface area contributed by atoms with Gasteiger partial charge >= 0.3 is 0 Å². The van der Waals surface area contributed by atoms with Gasteiger partial charge in [-0.2, -0.15) is 15.2 Å². The van der Waals surface area contributed by atoms with Gasteiger partial charge < -0.3 is 10.2 Å². The molecule has 6 aromatic rings. The molecule has 0 spiro atoms. The molecule has 12 heteroatoms. The number of benzene rings is 1. The Morgan fingerprint density at radius 1 is 1.05 bits per heavy atom. The van der Waals surface area contributed by atoms with Crippen molar-refractivity contribution >= 4 is 44.6 Å². The molecule has 7 rings (SSSR count). The average Bonchev–Trinajstić information content (AvgIpc) is 3.70. The lowest BCUT2D eigenvalue weighted by molar-refractivity contribution is 0.385. The average molecular weight is 522 g/mol. The topological polar surface area (TPSA) is 117 Å². The van der Waals surface area contributed by atoms with Gasteiger partial charge in [-0.1, -0.05) is 6.08 Å². The second kappa shape index (κ2) is 8.88. The van der Waals surface area contributed by atoms with Crippen molar-refractivity contribution in [2.24, 2.45) is 7.05 Å². The summed E-state index contributed by atoms with van der Waals surface area (Å²) in [5, 5.41) is 14.6. The number of hydrogen-bond acceptors (Lipinski definition) is 8. The van der Waals surface area contributed by atoms with Crippen LogP contribution in [0.2, 0.25) is 0 Å². The molecule has 0 bridgehead atoms. The molecule has 12 nitrogen and oxygen atoms in total. The van der Waals surface area contributed by atoms with Crippen molar-refractivity contribution in [2.45, 2.75) is 19.0 Å². The summed E-state index contributed by atoms with van der Waals surface area (Å²) in [7, 11) is 4.02. The molecule has 5 aromatic heterocycles. The van der Waals surface area contributed by atoms with Crippen molar-refractivity contribution < 1.29 is 0 Å². The van der Waals surface area contributed by atoms with Crippen molar-refractivity contribution in [3.8, 4) is 5.82 Å². The van der Waals surface area contributed by atoms with Crippen LogP contribution in [0.3, 0.4) is 0 Å². The number of aryl methyl sites for hydroxylation is 1. The van der Waals surface area contributed by atoms with E-state index >= 15 is 0 Å². The Morgan fingerprint density at radius 3 is 2.74 bits per heavy atom. The molecule has 1 saturated heterocycles. The van der Waals surface area contributed by atoms with Gasteiger partial charge in [0.2, 0.25) is 5.95 Å². The van der Waals surface area contributed by atoms with Crippen LogP contribution in [0.5, 0.6) is 0 Å². The highest BCUT2D eigenvalue weighted by Crippen LogP contribution is 2.26. The van der Waals surface area contributed by atoms with Gasteiger partial charge in [-0.25, -0.2) is 24.0 Å². The molecule has 0 unspecified atom stereocenters. The van der Waals surface area contributed by atoms with Crippen LogP contribution in [0.25, 0.3) is 38.8 Å². The van der Waals surface area contributed by atoms with Crippen LogP contribution in [0, 0.1) is 0 Å². The maximum atomic E-state index is 13.4. The number of hydrogen-bond donors (Lipinski definition) is 1. The van der Waals surface area contributed by atoms with Crippen LogP contribution in [0.4, 0.5) is 11.6 Å². The number of allylic oxidation sites excluding steroid dienone is 1. The maximum Gasteiger partial charge on any atom is 0.278 e. The third-order valence-electron chi connectivity index (χ3n) is 7.34. The molecule has 1 aliphatic rings. The normalized spacial score (nSPS) is 16.1. The van der Waals surface area contributed by atoms with Crippen LogP contribution in [-0.2, 0) is 13.6 Å². The zero-order valence-electron chi connectivity index (χ0n) is 21.7. The summed E-state index contributed by atoms with van der Waals surface area (Å²) < 4.78 is 7.15. The second-order valence-electron chi connectivity index (χ2n) is 9.96. The first kappa shape index (κ1) is 23.3. The molecule has 196 valence electrons. The van der Waals surface area contributed by atoms with Crippen LogP contribution in [0.15, 0.2) is 66.4 Å². The number of rotatable bonds is 6. The van der Waals surface area contributed by atoms with Crippen molar-refractivity contribution in [3.63, 3.8) is 0 Å². The summed E-state index contributed by atoms with van der Waals surface area (Å²) in [4.78, 5) is 29.9. The predicted molar refractivity (Wildman–Crippen MR) is 150 cm³/mol. The van der Waals surface area contributed by atoms with E-state index in [1.165, 1.54) is 0 Å². The standard InChI is InChI=1S/C27H27N11O/c1-4-10-36-26(39)21-15-28-27(31-19-6-7-22-18(12-19)14-29-35(22)3)33-25(21)38(36)23-8-5-17-13-30-37(24(17)32-23)20-9-11-34(2)16-20/h4-8,12-15,20H,1,9-11,16H2,2-3H3,(H,28,31,33)/t20-/m0/s1. The summed E-state index contributed by atoms with van der Waals surface area (Å²) in [5.74, 6) is 0.946. The van der Waals surface area contributed by atoms with Gasteiger partial charge in [-0.3, -0.25) is 9.48 Å². The Kier molecular flexibility index (Phi) is 5.30. The molecule has 0 amide bonds. The quantitative estimate of drug-likeness (QED) is 0.333. The number of aromatic nitrogens is 9. The highest BCUT2D eigenvalue weighted by Gasteiger charge is 2.24. The predicted octanol–water partition coefficient (Wildman–Crippen LogP) is 3.02. The molecule has 1 fully saturated rings. The van der Waals surface area contributed by atoms with Crippen LogP contribution >= 0.6 is 0 Å². The van der Waals surface area contributed by atoms with Gasteiger partial charge in [0.25, 0.3) is 5.56 Å². The molecule has 0 radical (unpaired) electrons. The molecular weight excluding hydrogens is 494 g/mol. The van der Waals surface area contributed by atoms with Crippen LogP contribution in [-0.4, -0.2) is 68.9 Å². The Bertz CT molecular complexity index is 1940. The zero-order chi connectivity index (χ0) is 26.7. The Morgan fingerprint density at radius 2 is 1.92 bits per heavy atom. The maximum absolute atomic E-state index is 13.4. The van der Waals surface area contributed by atoms with Gasteiger partial charge in [0.15, 0.2) is 17.1 Å². The summed E-state index contributed by atoms with van der Waals surface area (Å²) >= 11 is 0. The van der Waals surface area contributed by atoms with E-state index in [1.54, 1.807) is 21.6 Å². The molecule has 6 heterocycles. The monoisotopic (exact) mass is 521 g/mol. The first-order valence-electron chi connectivity index (χ1n) is 12.8. The van der Waals surface area contributed by atoms with E-state index < -0.39 is 0 Å². The summed E-state index contributed by atoms with van der Waals surface area (Å²) in [6.45, 7) is 6.08. The molecule has 1 aliphatic heterocycles. The number of likely N-dealkylation sites (tertiary alicyclic amines) is 1. The summed E-state index contributed by atoms with van der Waals surface area (Å²) in [6.07, 6.45) is 7.92. The first-order chi connectivity index (χ1) is 19.0. The van der Waals surface area contributed by atoms with Crippen molar-refractivity contribution in [1.82, 2.24) is 48.8 Å². The van der Waals surface area contributed by atoms with E-state index in [-0.39, 0.29) is 11.6 Å². The number of pyridine rings is 1. The van der Waals surface area contributed by atoms with Crippen molar-refractivity contribution in [2.75, 3.05) is 25.5 Å². The van der Waals surface area contributed by atoms with Crippen LogP contribution in [0.1, 0.15) is 12.5 Å². The summed E-state index contributed by atoms with van der Waals surface area (Å²) in [5.41, 5.74) is 2.88. The van der Waals surface area contributed by atoms with Gasteiger partial charge in [0, 0.05) is 42.8 Å².